The van der Waals surface area contributed by atoms with Crippen molar-refractivity contribution >= 4 is 17.3 Å². The minimum atomic E-state index is -0.822. The highest BCUT2D eigenvalue weighted by atomic mass is 32.1. The number of carboxylic acids is 1. The molecule has 28 heavy (non-hydrogen) atoms. The number of terminal acetylenes is 1. The minimum Gasteiger partial charge on any atom is -0.477 e. The number of carboxylic acid groups (broad SMARTS) is 1. The van der Waals surface area contributed by atoms with E-state index in [0.717, 1.165) is 62.7 Å². The third-order valence-corrected chi connectivity index (χ3v) is 5.60. The average Bonchev–Trinajstić information content (AvgIpc) is 3.30. The van der Waals surface area contributed by atoms with Gasteiger partial charge in [0.25, 0.3) is 0 Å². The van der Waals surface area contributed by atoms with Crippen molar-refractivity contribution in [1.82, 2.24) is 0 Å². The van der Waals surface area contributed by atoms with Gasteiger partial charge in [0.1, 0.15) is 4.88 Å². The number of hydrogen-bond donors (Lipinski definition) is 3. The fourth-order valence-corrected chi connectivity index (χ4v) is 3.98. The van der Waals surface area contributed by atoms with Crippen molar-refractivity contribution in [2.24, 2.45) is 5.92 Å². The van der Waals surface area contributed by atoms with Crippen LogP contribution in [0.5, 0.6) is 0 Å². The van der Waals surface area contributed by atoms with Crippen LogP contribution < -0.4 is 0 Å². The molecule has 3 atom stereocenters. The molecule has 158 valence electrons. The van der Waals surface area contributed by atoms with Crippen molar-refractivity contribution in [1.29, 1.82) is 0 Å². The van der Waals surface area contributed by atoms with Crippen molar-refractivity contribution < 1.29 is 20.1 Å². The average molecular weight is 409 g/mol. The third-order valence-electron chi connectivity index (χ3n) is 4.47. The lowest BCUT2D eigenvalue weighted by Gasteiger charge is -2.03. The molecule has 5 heteroatoms. The Balaban J connectivity index is 0.000000497. The molecule has 0 saturated heterocycles. The SMILES string of the molecule is C#C.CCCc1ccc(C(=O)O)s1.C[C@@H](O)CCCC/C=C/[C@H]1CC[C@@H](O)C1. The fourth-order valence-electron chi connectivity index (χ4n) is 3.03. The second kappa shape index (κ2) is 16.4. The van der Waals surface area contributed by atoms with Crippen LogP contribution in [0.3, 0.4) is 0 Å². The number of unbranched alkanes of at least 4 members (excludes halogenated alkanes) is 2. The van der Waals surface area contributed by atoms with E-state index < -0.39 is 5.97 Å². The van der Waals surface area contributed by atoms with Crippen molar-refractivity contribution in [3.63, 3.8) is 0 Å². The van der Waals surface area contributed by atoms with Crippen LogP contribution in [-0.4, -0.2) is 33.5 Å². The molecule has 0 spiro atoms. The Morgan fingerprint density at radius 1 is 1.32 bits per heavy atom. The maximum Gasteiger partial charge on any atom is 0.345 e. The van der Waals surface area contributed by atoms with Crippen LogP contribution in [0, 0.1) is 18.8 Å². The van der Waals surface area contributed by atoms with Crippen molar-refractivity contribution in [2.75, 3.05) is 0 Å². The van der Waals surface area contributed by atoms with Gasteiger partial charge in [-0.25, -0.2) is 4.79 Å². The second-order valence-electron chi connectivity index (χ2n) is 7.11. The standard InChI is InChI=1S/C13H24O2.C8H10O2S.C2H2/c1-11(14)6-4-2-3-5-7-12-8-9-13(15)10-12;1-2-3-6-4-5-7(11-6)8(9)10;1-2/h5,7,11-15H,2-4,6,8-10H2,1H3;4-5H,2-3H2,1H3,(H,9,10);1-2H/b7-5+;;/t11-,12+,13-;;/m1../s1. The number of carbonyl (C=O) groups is 1. The number of allylic oxidation sites excluding steroid dienone is 2. The molecule has 0 aromatic carbocycles. The lowest BCUT2D eigenvalue weighted by molar-refractivity contribution is 0.0702. The first kappa shape index (κ1) is 26.4. The first-order valence-corrected chi connectivity index (χ1v) is 10.9. The van der Waals surface area contributed by atoms with E-state index in [1.54, 1.807) is 6.07 Å². The normalized spacial score (nSPS) is 19.4. The molecule has 3 N–H and O–H groups in total. The van der Waals surface area contributed by atoms with Gasteiger partial charge in [0, 0.05) is 4.88 Å². The van der Waals surface area contributed by atoms with E-state index in [-0.39, 0.29) is 12.2 Å². The van der Waals surface area contributed by atoms with E-state index in [1.807, 2.05) is 13.0 Å². The number of thiophene rings is 1. The number of hydrogen-bond acceptors (Lipinski definition) is 4. The topological polar surface area (TPSA) is 77.8 Å². The number of aliphatic hydroxyl groups excluding tert-OH is 2. The van der Waals surface area contributed by atoms with E-state index >= 15 is 0 Å². The molecule has 0 bridgehead atoms. The summed E-state index contributed by atoms with van der Waals surface area (Å²) >= 11 is 1.37. The maximum absolute atomic E-state index is 10.4. The highest BCUT2D eigenvalue weighted by Crippen LogP contribution is 2.26. The van der Waals surface area contributed by atoms with Gasteiger partial charge >= 0.3 is 5.97 Å². The minimum absolute atomic E-state index is 0.0603. The molecule has 0 amide bonds. The lowest BCUT2D eigenvalue weighted by atomic mass is 10.1. The molecule has 1 aliphatic rings. The number of aromatic carboxylic acids is 1. The Kier molecular flexibility index (Phi) is 15.4. The summed E-state index contributed by atoms with van der Waals surface area (Å²) in [4.78, 5) is 12.0. The Hall–Kier alpha value is -1.61. The first-order valence-electron chi connectivity index (χ1n) is 10.1. The van der Waals surface area contributed by atoms with Gasteiger partial charge < -0.3 is 15.3 Å². The summed E-state index contributed by atoms with van der Waals surface area (Å²) in [5, 5.41) is 27.0. The molecule has 1 heterocycles. The molecule has 1 aromatic rings. The summed E-state index contributed by atoms with van der Waals surface area (Å²) in [6.45, 7) is 3.93. The molecule has 1 saturated carbocycles. The molecular formula is C23H36O4S. The Morgan fingerprint density at radius 3 is 2.54 bits per heavy atom. The summed E-state index contributed by atoms with van der Waals surface area (Å²) in [6, 6.07) is 3.55. The predicted molar refractivity (Wildman–Crippen MR) is 118 cm³/mol. The molecule has 0 aliphatic heterocycles. The molecule has 2 rings (SSSR count). The van der Waals surface area contributed by atoms with Crippen LogP contribution in [0.15, 0.2) is 24.3 Å². The van der Waals surface area contributed by atoms with Crippen LogP contribution in [0.2, 0.25) is 0 Å². The maximum atomic E-state index is 10.4. The zero-order valence-electron chi connectivity index (χ0n) is 17.2. The largest absolute Gasteiger partial charge is 0.477 e. The monoisotopic (exact) mass is 408 g/mol. The van der Waals surface area contributed by atoms with Crippen LogP contribution in [0.4, 0.5) is 0 Å². The van der Waals surface area contributed by atoms with E-state index in [9.17, 15) is 9.90 Å². The molecule has 0 unspecified atom stereocenters. The van der Waals surface area contributed by atoms with Crippen LogP contribution in [0.1, 0.15) is 79.8 Å². The number of aryl methyl sites for hydroxylation is 1. The highest BCUT2D eigenvalue weighted by Gasteiger charge is 2.19. The van der Waals surface area contributed by atoms with E-state index in [4.69, 9.17) is 10.2 Å². The molecule has 4 nitrogen and oxygen atoms in total. The van der Waals surface area contributed by atoms with Gasteiger partial charge in [-0.3, -0.25) is 0 Å². The van der Waals surface area contributed by atoms with Crippen LogP contribution in [-0.2, 0) is 6.42 Å². The van der Waals surface area contributed by atoms with Gasteiger partial charge in [0.15, 0.2) is 0 Å². The summed E-state index contributed by atoms with van der Waals surface area (Å²) in [5.41, 5.74) is 0. The van der Waals surface area contributed by atoms with Gasteiger partial charge in [0.05, 0.1) is 12.2 Å². The number of aliphatic hydroxyl groups is 2. The Bertz CT molecular complexity index is 574. The van der Waals surface area contributed by atoms with Crippen LogP contribution >= 0.6 is 11.3 Å². The third kappa shape index (κ3) is 12.7. The molecule has 0 radical (unpaired) electrons. The summed E-state index contributed by atoms with van der Waals surface area (Å²) in [5.74, 6) is -0.214. The first-order chi connectivity index (χ1) is 13.4. The van der Waals surface area contributed by atoms with E-state index in [1.165, 1.54) is 11.3 Å². The molecule has 1 aliphatic carbocycles. The van der Waals surface area contributed by atoms with Crippen LogP contribution in [0.25, 0.3) is 0 Å². The van der Waals surface area contributed by atoms with E-state index in [2.05, 4.69) is 31.9 Å². The number of rotatable bonds is 9. The second-order valence-corrected chi connectivity index (χ2v) is 8.28. The van der Waals surface area contributed by atoms with Gasteiger partial charge in [-0.2, -0.15) is 0 Å². The Labute approximate surface area is 174 Å². The van der Waals surface area contributed by atoms with Gasteiger partial charge in [-0.05, 0) is 69.9 Å². The zero-order chi connectivity index (χ0) is 21.4. The molecule has 1 aromatic heterocycles. The fraction of sp³-hybridized carbons (Fsp3) is 0.609. The summed E-state index contributed by atoms with van der Waals surface area (Å²) < 4.78 is 0. The summed E-state index contributed by atoms with van der Waals surface area (Å²) in [7, 11) is 0. The van der Waals surface area contributed by atoms with Crippen molar-refractivity contribution in [2.45, 2.75) is 83.8 Å². The lowest BCUT2D eigenvalue weighted by Crippen LogP contribution is -1.98. The quantitative estimate of drug-likeness (QED) is 0.295. The van der Waals surface area contributed by atoms with Crippen molar-refractivity contribution in [3.8, 4) is 12.8 Å². The zero-order valence-corrected chi connectivity index (χ0v) is 18.0. The smallest absolute Gasteiger partial charge is 0.345 e. The molecular weight excluding hydrogens is 372 g/mol. The highest BCUT2D eigenvalue weighted by molar-refractivity contribution is 7.13. The van der Waals surface area contributed by atoms with Gasteiger partial charge in [-0.1, -0.05) is 31.9 Å². The van der Waals surface area contributed by atoms with E-state index in [0.29, 0.717) is 10.8 Å². The predicted octanol–water partition coefficient (Wildman–Crippen LogP) is 5.29. The van der Waals surface area contributed by atoms with Gasteiger partial charge in [-0.15, -0.1) is 24.2 Å². The summed E-state index contributed by atoms with van der Waals surface area (Å²) in [6.07, 6.45) is 21.7. The molecule has 1 fully saturated rings. The Morgan fingerprint density at radius 2 is 2.04 bits per heavy atom. The van der Waals surface area contributed by atoms with Gasteiger partial charge in [0.2, 0.25) is 0 Å². The van der Waals surface area contributed by atoms with Crippen molar-refractivity contribution in [3.05, 3.63) is 34.0 Å².